The van der Waals surface area contributed by atoms with Crippen LogP contribution in [0.1, 0.15) is 26.3 Å². The number of nitrogens with one attached hydrogen (secondary N) is 1. The van der Waals surface area contributed by atoms with Crippen molar-refractivity contribution in [3.8, 4) is 0 Å². The molecule has 1 amide bonds. The van der Waals surface area contributed by atoms with E-state index in [1.165, 1.54) is 18.2 Å². The molecule has 4 rings (SSSR count). The van der Waals surface area contributed by atoms with Crippen LogP contribution in [0, 0.1) is 6.92 Å². The van der Waals surface area contributed by atoms with Gasteiger partial charge in [0.25, 0.3) is 5.91 Å². The molecule has 3 aromatic carbocycles. The molecule has 138 valence electrons. The molecule has 0 saturated heterocycles. The van der Waals surface area contributed by atoms with Crippen LogP contribution in [0.15, 0.2) is 69.9 Å². The number of anilines is 1. The molecule has 0 aliphatic heterocycles. The number of benzene rings is 3. The number of hydrogen-bond donors (Lipinski definition) is 2. The maximum Gasteiger partial charge on any atom is 0.349 e. The summed E-state index contributed by atoms with van der Waals surface area (Å²) in [5, 5.41) is 14.3. The lowest BCUT2D eigenvalue weighted by Gasteiger charge is -2.10. The Hall–Kier alpha value is -3.93. The molecule has 0 atom stereocenters. The van der Waals surface area contributed by atoms with Gasteiger partial charge in [-0.25, -0.2) is 9.59 Å². The summed E-state index contributed by atoms with van der Waals surface area (Å²) >= 11 is 0. The average Bonchev–Trinajstić information content (AvgIpc) is 2.68. The van der Waals surface area contributed by atoms with Gasteiger partial charge in [0.2, 0.25) is 0 Å². The summed E-state index contributed by atoms with van der Waals surface area (Å²) in [5.41, 5.74) is 0.288. The van der Waals surface area contributed by atoms with E-state index in [4.69, 9.17) is 4.42 Å². The molecule has 0 aliphatic carbocycles. The Labute approximate surface area is 159 Å². The van der Waals surface area contributed by atoms with Gasteiger partial charge in [-0.2, -0.15) is 0 Å². The maximum absolute atomic E-state index is 12.7. The first-order valence-corrected chi connectivity index (χ1v) is 8.55. The lowest BCUT2D eigenvalue weighted by atomic mass is 10.0. The molecular weight excluding hydrogens is 358 g/mol. The van der Waals surface area contributed by atoms with Crippen LogP contribution in [0.5, 0.6) is 0 Å². The Morgan fingerprint density at radius 1 is 0.929 bits per heavy atom. The first-order chi connectivity index (χ1) is 13.5. The average molecular weight is 373 g/mol. The Morgan fingerprint density at radius 2 is 1.71 bits per heavy atom. The zero-order valence-corrected chi connectivity index (χ0v) is 14.9. The van der Waals surface area contributed by atoms with Crippen molar-refractivity contribution in [3.05, 3.63) is 87.8 Å². The zero-order valence-electron chi connectivity index (χ0n) is 14.9. The summed E-state index contributed by atoms with van der Waals surface area (Å²) < 4.78 is 5.34. The number of hydrogen-bond acceptors (Lipinski definition) is 4. The molecule has 0 unspecified atom stereocenters. The van der Waals surface area contributed by atoms with Crippen molar-refractivity contribution < 1.29 is 19.1 Å². The van der Waals surface area contributed by atoms with Gasteiger partial charge in [-0.15, -0.1) is 0 Å². The van der Waals surface area contributed by atoms with Crippen molar-refractivity contribution in [3.63, 3.8) is 0 Å². The van der Waals surface area contributed by atoms with Crippen LogP contribution in [0.25, 0.3) is 21.7 Å². The third kappa shape index (κ3) is 2.91. The maximum atomic E-state index is 12.7. The van der Waals surface area contributed by atoms with Gasteiger partial charge in [0.15, 0.2) is 0 Å². The number of aromatic carboxylic acids is 1. The topological polar surface area (TPSA) is 96.6 Å². The molecule has 1 heterocycles. The molecular formula is C22H15NO5. The summed E-state index contributed by atoms with van der Waals surface area (Å²) in [6.07, 6.45) is 0. The van der Waals surface area contributed by atoms with Gasteiger partial charge in [-0.3, -0.25) is 4.79 Å². The molecule has 1 aromatic heterocycles. The van der Waals surface area contributed by atoms with E-state index in [9.17, 15) is 19.5 Å². The number of carbonyl (C=O) groups is 2. The quantitative estimate of drug-likeness (QED) is 0.414. The van der Waals surface area contributed by atoms with Crippen molar-refractivity contribution in [2.45, 2.75) is 6.92 Å². The molecule has 2 N–H and O–H groups in total. The molecule has 0 spiro atoms. The monoisotopic (exact) mass is 373 g/mol. The van der Waals surface area contributed by atoms with Crippen molar-refractivity contribution in [2.75, 3.05) is 5.32 Å². The van der Waals surface area contributed by atoms with E-state index in [1.54, 1.807) is 19.1 Å². The third-order valence-corrected chi connectivity index (χ3v) is 4.70. The Kier molecular flexibility index (Phi) is 4.16. The predicted molar refractivity (Wildman–Crippen MR) is 106 cm³/mol. The summed E-state index contributed by atoms with van der Waals surface area (Å²) in [5.74, 6) is -1.75. The Balaban J connectivity index is 1.81. The first-order valence-electron chi connectivity index (χ1n) is 8.55. The standard InChI is InChI=1S/C22H15NO5/c1-12-14(21(25)26)7-4-8-18(12)23-20(24)17-11-16-15-6-3-2-5-13(15)9-10-19(16)28-22(17)27/h2-11H,1H3,(H,23,24)(H,25,26). The van der Waals surface area contributed by atoms with E-state index in [-0.39, 0.29) is 11.1 Å². The second-order valence-corrected chi connectivity index (χ2v) is 6.38. The third-order valence-electron chi connectivity index (χ3n) is 4.70. The van der Waals surface area contributed by atoms with E-state index in [1.807, 2.05) is 30.3 Å². The number of amides is 1. The van der Waals surface area contributed by atoms with Gasteiger partial charge in [0.05, 0.1) is 5.56 Å². The van der Waals surface area contributed by atoms with Crippen molar-refractivity contribution in [1.82, 2.24) is 0 Å². The largest absolute Gasteiger partial charge is 0.478 e. The fourth-order valence-electron chi connectivity index (χ4n) is 3.22. The number of carboxylic acid groups (broad SMARTS) is 1. The van der Waals surface area contributed by atoms with Crippen LogP contribution in [0.3, 0.4) is 0 Å². The smallest absolute Gasteiger partial charge is 0.349 e. The molecule has 0 fully saturated rings. The number of carboxylic acids is 1. The number of fused-ring (bicyclic) bond motifs is 3. The highest BCUT2D eigenvalue weighted by atomic mass is 16.4. The predicted octanol–water partition coefficient (Wildman–Crippen LogP) is 4.21. The molecule has 28 heavy (non-hydrogen) atoms. The fraction of sp³-hybridized carbons (Fsp3) is 0.0455. The van der Waals surface area contributed by atoms with E-state index in [0.717, 1.165) is 10.8 Å². The normalized spacial score (nSPS) is 10.9. The number of rotatable bonds is 3. The van der Waals surface area contributed by atoms with E-state index in [2.05, 4.69) is 5.32 Å². The highest BCUT2D eigenvalue weighted by Crippen LogP contribution is 2.25. The van der Waals surface area contributed by atoms with Crippen LogP contribution in [-0.2, 0) is 0 Å². The second-order valence-electron chi connectivity index (χ2n) is 6.38. The first kappa shape index (κ1) is 17.5. The van der Waals surface area contributed by atoms with Crippen molar-refractivity contribution in [1.29, 1.82) is 0 Å². The lowest BCUT2D eigenvalue weighted by molar-refractivity contribution is 0.0695. The molecule has 0 saturated carbocycles. The van der Waals surface area contributed by atoms with Crippen LogP contribution in [-0.4, -0.2) is 17.0 Å². The second kappa shape index (κ2) is 6.66. The molecule has 0 bridgehead atoms. The molecule has 6 heteroatoms. The minimum atomic E-state index is -1.09. The lowest BCUT2D eigenvalue weighted by Crippen LogP contribution is -2.21. The summed E-state index contributed by atoms with van der Waals surface area (Å²) in [6, 6.07) is 17.2. The van der Waals surface area contributed by atoms with Crippen LogP contribution in [0.4, 0.5) is 5.69 Å². The van der Waals surface area contributed by atoms with E-state index >= 15 is 0 Å². The Morgan fingerprint density at radius 3 is 2.50 bits per heavy atom. The van der Waals surface area contributed by atoms with Crippen molar-refractivity contribution >= 4 is 39.3 Å². The zero-order chi connectivity index (χ0) is 19.8. The fourth-order valence-corrected chi connectivity index (χ4v) is 3.22. The summed E-state index contributed by atoms with van der Waals surface area (Å²) in [7, 11) is 0. The van der Waals surface area contributed by atoms with Gasteiger partial charge < -0.3 is 14.8 Å². The van der Waals surface area contributed by atoms with Crippen molar-refractivity contribution in [2.24, 2.45) is 0 Å². The van der Waals surface area contributed by atoms with Crippen LogP contribution < -0.4 is 10.9 Å². The minimum Gasteiger partial charge on any atom is -0.478 e. The molecule has 0 radical (unpaired) electrons. The SMILES string of the molecule is Cc1c(NC(=O)c2cc3c(ccc4ccccc43)oc2=O)cccc1C(=O)O. The van der Waals surface area contributed by atoms with Crippen LogP contribution >= 0.6 is 0 Å². The van der Waals surface area contributed by atoms with Gasteiger partial charge in [-0.05, 0) is 47.5 Å². The molecule has 0 aliphatic rings. The highest BCUT2D eigenvalue weighted by molar-refractivity contribution is 6.10. The van der Waals surface area contributed by atoms with Gasteiger partial charge in [0.1, 0.15) is 11.1 Å². The van der Waals surface area contributed by atoms with Crippen LogP contribution in [0.2, 0.25) is 0 Å². The van der Waals surface area contributed by atoms with E-state index in [0.29, 0.717) is 22.2 Å². The van der Waals surface area contributed by atoms with Gasteiger partial charge in [-0.1, -0.05) is 36.4 Å². The summed E-state index contributed by atoms with van der Waals surface area (Å²) in [6.45, 7) is 1.59. The molecule has 6 nitrogen and oxygen atoms in total. The van der Waals surface area contributed by atoms with Gasteiger partial charge >= 0.3 is 11.6 Å². The molecule has 4 aromatic rings. The van der Waals surface area contributed by atoms with Gasteiger partial charge in [0, 0.05) is 11.1 Å². The van der Waals surface area contributed by atoms with E-state index < -0.39 is 17.5 Å². The number of carbonyl (C=O) groups excluding carboxylic acids is 1. The Bertz CT molecular complexity index is 1320. The highest BCUT2D eigenvalue weighted by Gasteiger charge is 2.17. The summed E-state index contributed by atoms with van der Waals surface area (Å²) in [4.78, 5) is 36.3. The minimum absolute atomic E-state index is 0.0781.